The minimum absolute atomic E-state index is 0.247. The van der Waals surface area contributed by atoms with Crippen LogP contribution in [0, 0.1) is 13.8 Å². The van der Waals surface area contributed by atoms with Gasteiger partial charge in [0.15, 0.2) is 0 Å². The fourth-order valence-corrected chi connectivity index (χ4v) is 7.41. The molecular weight excluding hydrogens is 451 g/mol. The summed E-state index contributed by atoms with van der Waals surface area (Å²) >= 11 is 3.63. The first kappa shape index (κ1) is 22.0. The van der Waals surface area contributed by atoms with Crippen molar-refractivity contribution in [3.05, 3.63) is 93.5 Å². The molecule has 0 N–H and O–H groups in total. The molecule has 1 aliphatic carbocycles. The van der Waals surface area contributed by atoms with Crippen LogP contribution in [0.1, 0.15) is 61.8 Å². The Hall–Kier alpha value is -1.80. The zero-order valence-corrected chi connectivity index (χ0v) is 21.5. The predicted molar refractivity (Wildman–Crippen MR) is 143 cm³/mol. The van der Waals surface area contributed by atoms with Crippen molar-refractivity contribution in [3.63, 3.8) is 0 Å². The largest absolute Gasteiger partial charge is 0.127 e. The van der Waals surface area contributed by atoms with Gasteiger partial charge in [0.05, 0.1) is 0 Å². The van der Waals surface area contributed by atoms with Crippen molar-refractivity contribution >= 4 is 23.2 Å². The van der Waals surface area contributed by atoms with Crippen LogP contribution in [0.3, 0.4) is 0 Å². The van der Waals surface area contributed by atoms with Gasteiger partial charge in [-0.15, -0.1) is 0 Å². The smallest absolute Gasteiger partial charge is 0.0693 e. The summed E-state index contributed by atoms with van der Waals surface area (Å²) in [4.78, 5) is 0. The van der Waals surface area contributed by atoms with E-state index in [1.54, 1.807) is 5.56 Å². The zero-order valence-electron chi connectivity index (χ0n) is 19.9. The summed E-state index contributed by atoms with van der Waals surface area (Å²) in [5.74, 6) is 1.63. The lowest BCUT2D eigenvalue weighted by molar-refractivity contribution is 0.170. The standard InChI is InChI=1S/C30H34BBr/c1-20-5-6-24(15-21(20)2)23-7-9-26(10-8-23)30-16-22(3)31-27(18-30)17-29(4,19-30)25-11-13-28(32)14-12-25/h5-15,22,27,31H,16-19H2,1-4H3. The molecule has 0 amide bonds. The molecule has 0 radical (unpaired) electrons. The Morgan fingerprint density at radius 1 is 0.781 bits per heavy atom. The molecule has 0 aromatic heterocycles. The average Bonchev–Trinajstić information content (AvgIpc) is 2.75. The molecule has 164 valence electrons. The van der Waals surface area contributed by atoms with Gasteiger partial charge >= 0.3 is 0 Å². The van der Waals surface area contributed by atoms with Gasteiger partial charge in [0.25, 0.3) is 0 Å². The fraction of sp³-hybridized carbons (Fsp3) is 0.400. The molecule has 5 rings (SSSR count). The van der Waals surface area contributed by atoms with Gasteiger partial charge in [-0.1, -0.05) is 96.0 Å². The van der Waals surface area contributed by atoms with E-state index in [9.17, 15) is 0 Å². The van der Waals surface area contributed by atoms with Crippen LogP contribution in [-0.4, -0.2) is 7.28 Å². The molecule has 1 saturated carbocycles. The van der Waals surface area contributed by atoms with Crippen molar-refractivity contribution in [2.75, 3.05) is 0 Å². The highest BCUT2D eigenvalue weighted by Crippen LogP contribution is 2.59. The molecule has 2 bridgehead atoms. The summed E-state index contributed by atoms with van der Waals surface area (Å²) in [6.45, 7) is 9.40. The van der Waals surface area contributed by atoms with Crippen molar-refractivity contribution in [2.45, 2.75) is 75.8 Å². The van der Waals surface area contributed by atoms with E-state index in [4.69, 9.17) is 0 Å². The van der Waals surface area contributed by atoms with Crippen LogP contribution in [0.4, 0.5) is 0 Å². The van der Waals surface area contributed by atoms with Crippen molar-refractivity contribution in [1.82, 2.24) is 0 Å². The summed E-state index contributed by atoms with van der Waals surface area (Å²) < 4.78 is 1.17. The van der Waals surface area contributed by atoms with Gasteiger partial charge in [0, 0.05) is 4.47 Å². The summed E-state index contributed by atoms with van der Waals surface area (Å²) in [7, 11) is 1.38. The molecule has 2 heteroatoms. The highest BCUT2D eigenvalue weighted by atomic mass is 79.9. The van der Waals surface area contributed by atoms with Gasteiger partial charge in [0.1, 0.15) is 7.28 Å². The number of hydrogen-bond acceptors (Lipinski definition) is 0. The summed E-state index contributed by atoms with van der Waals surface area (Å²) in [6.07, 6.45) is 5.25. The van der Waals surface area contributed by atoms with Gasteiger partial charge in [-0.3, -0.25) is 0 Å². The second kappa shape index (κ2) is 8.21. The van der Waals surface area contributed by atoms with Crippen LogP contribution in [-0.2, 0) is 10.8 Å². The molecule has 0 nitrogen and oxygen atoms in total. The maximum absolute atomic E-state index is 3.63. The molecule has 3 aromatic carbocycles. The summed E-state index contributed by atoms with van der Waals surface area (Å²) in [6, 6.07) is 25.6. The first-order chi connectivity index (χ1) is 15.3. The number of fused-ring (bicyclic) bond motifs is 2. The molecule has 3 aromatic rings. The van der Waals surface area contributed by atoms with E-state index in [1.165, 1.54) is 65.3 Å². The van der Waals surface area contributed by atoms with E-state index >= 15 is 0 Å². The van der Waals surface area contributed by atoms with Crippen LogP contribution in [0.15, 0.2) is 71.2 Å². The molecule has 1 heterocycles. The fourth-order valence-electron chi connectivity index (χ4n) is 7.14. The monoisotopic (exact) mass is 484 g/mol. The predicted octanol–water partition coefficient (Wildman–Crippen LogP) is 8.55. The minimum atomic E-state index is 0.247. The normalized spacial score (nSPS) is 29.4. The number of halogens is 1. The van der Waals surface area contributed by atoms with Crippen LogP contribution in [0.5, 0.6) is 0 Å². The lowest BCUT2D eigenvalue weighted by Gasteiger charge is -2.55. The minimum Gasteiger partial charge on any atom is -0.0693 e. The van der Waals surface area contributed by atoms with Gasteiger partial charge in [-0.05, 0) is 95.9 Å². The number of aryl methyl sites for hydroxylation is 2. The molecule has 1 aliphatic heterocycles. The maximum atomic E-state index is 3.63. The highest BCUT2D eigenvalue weighted by Gasteiger charge is 2.51. The molecule has 1 saturated heterocycles. The first-order valence-corrected chi connectivity index (χ1v) is 13.0. The first-order valence-electron chi connectivity index (χ1n) is 12.2. The van der Waals surface area contributed by atoms with E-state index in [0.717, 1.165) is 11.6 Å². The van der Waals surface area contributed by atoms with E-state index in [-0.39, 0.29) is 5.41 Å². The molecule has 0 spiro atoms. The SMILES string of the molecule is Cc1ccc(-c2ccc(C34CC(C)BC(CC(C)(c5ccc(Br)cc5)C3)C4)cc2)cc1C. The summed E-state index contributed by atoms with van der Waals surface area (Å²) in [5, 5.41) is 0. The molecule has 4 unspecified atom stereocenters. The molecule has 2 aliphatic rings. The van der Waals surface area contributed by atoms with E-state index in [1.807, 2.05) is 0 Å². The Balaban J connectivity index is 1.51. The quantitative estimate of drug-likeness (QED) is 0.326. The topological polar surface area (TPSA) is 0 Å². The van der Waals surface area contributed by atoms with Crippen molar-refractivity contribution in [1.29, 1.82) is 0 Å². The number of rotatable bonds is 3. The van der Waals surface area contributed by atoms with E-state index < -0.39 is 0 Å². The van der Waals surface area contributed by atoms with Gasteiger partial charge < -0.3 is 0 Å². The highest BCUT2D eigenvalue weighted by molar-refractivity contribution is 9.10. The van der Waals surface area contributed by atoms with Crippen LogP contribution >= 0.6 is 15.9 Å². The van der Waals surface area contributed by atoms with Crippen molar-refractivity contribution in [2.24, 2.45) is 0 Å². The Bertz CT molecular complexity index is 1110. The van der Waals surface area contributed by atoms with Crippen LogP contribution in [0.2, 0.25) is 11.6 Å². The van der Waals surface area contributed by atoms with E-state index in [2.05, 4.69) is 110 Å². The van der Waals surface area contributed by atoms with Crippen LogP contribution < -0.4 is 0 Å². The molecule has 2 fully saturated rings. The van der Waals surface area contributed by atoms with E-state index in [0.29, 0.717) is 5.41 Å². The Morgan fingerprint density at radius 3 is 2.12 bits per heavy atom. The lowest BCUT2D eigenvalue weighted by atomic mass is 9.36. The van der Waals surface area contributed by atoms with Gasteiger partial charge in [0.2, 0.25) is 0 Å². The molecule has 4 atom stereocenters. The molecule has 32 heavy (non-hydrogen) atoms. The third kappa shape index (κ3) is 4.00. The second-order valence-electron chi connectivity index (χ2n) is 11.2. The third-order valence-electron chi connectivity index (χ3n) is 8.50. The maximum Gasteiger partial charge on any atom is 0.127 e. The number of benzene rings is 3. The second-order valence-corrected chi connectivity index (χ2v) is 12.1. The van der Waals surface area contributed by atoms with Gasteiger partial charge in [-0.25, -0.2) is 0 Å². The Morgan fingerprint density at radius 2 is 1.44 bits per heavy atom. The third-order valence-corrected chi connectivity index (χ3v) is 9.03. The average molecular weight is 485 g/mol. The Kier molecular flexibility index (Phi) is 5.65. The Labute approximate surface area is 203 Å². The summed E-state index contributed by atoms with van der Waals surface area (Å²) in [5.41, 5.74) is 9.00. The van der Waals surface area contributed by atoms with Crippen molar-refractivity contribution in [3.8, 4) is 11.1 Å². The van der Waals surface area contributed by atoms with Gasteiger partial charge in [-0.2, -0.15) is 0 Å². The lowest BCUT2D eigenvalue weighted by Crippen LogP contribution is -2.48. The molecular formula is C30H34BBr. The van der Waals surface area contributed by atoms with Crippen LogP contribution in [0.25, 0.3) is 11.1 Å². The van der Waals surface area contributed by atoms with Crippen molar-refractivity contribution < 1.29 is 0 Å². The number of hydrogen-bond donors (Lipinski definition) is 0. The zero-order chi connectivity index (χ0) is 22.5.